The van der Waals surface area contributed by atoms with E-state index in [1.807, 2.05) is 30.3 Å². The number of hydrogen-bond acceptors (Lipinski definition) is 2. The monoisotopic (exact) mass is 236 g/mol. The largest absolute Gasteiger partial charge is 0.312 e. The third-order valence-corrected chi connectivity index (χ3v) is 2.85. The minimum atomic E-state index is 0.711. The van der Waals surface area contributed by atoms with Crippen LogP contribution in [0.3, 0.4) is 0 Å². The van der Waals surface area contributed by atoms with Gasteiger partial charge in [-0.15, -0.1) is 0 Å². The Morgan fingerprint density at radius 2 is 1.61 bits per heavy atom. The summed E-state index contributed by atoms with van der Waals surface area (Å²) in [6, 6.07) is 20.3. The Kier molecular flexibility index (Phi) is 4.52. The van der Waals surface area contributed by atoms with Gasteiger partial charge in [-0.1, -0.05) is 42.5 Å². The van der Waals surface area contributed by atoms with Crippen LogP contribution in [0, 0.1) is 11.3 Å². The summed E-state index contributed by atoms with van der Waals surface area (Å²) in [4.78, 5) is 0. The maximum Gasteiger partial charge on any atom is 0.0991 e. The second kappa shape index (κ2) is 6.58. The number of rotatable bonds is 5. The fourth-order valence-corrected chi connectivity index (χ4v) is 1.81. The quantitative estimate of drug-likeness (QED) is 0.810. The zero-order valence-corrected chi connectivity index (χ0v) is 10.3. The summed E-state index contributed by atoms with van der Waals surface area (Å²) < 4.78 is 0. The Hall–Kier alpha value is -2.11. The van der Waals surface area contributed by atoms with Crippen molar-refractivity contribution in [3.05, 3.63) is 71.3 Å². The van der Waals surface area contributed by atoms with E-state index in [-0.39, 0.29) is 0 Å². The molecule has 0 fully saturated rings. The maximum absolute atomic E-state index is 8.70. The molecule has 0 radical (unpaired) electrons. The normalized spacial score (nSPS) is 9.94. The molecular weight excluding hydrogens is 220 g/mol. The molecule has 0 spiro atoms. The topological polar surface area (TPSA) is 35.8 Å². The van der Waals surface area contributed by atoms with Crippen molar-refractivity contribution in [2.45, 2.75) is 13.0 Å². The van der Waals surface area contributed by atoms with E-state index in [1.165, 1.54) is 11.1 Å². The van der Waals surface area contributed by atoms with Gasteiger partial charge in [0.2, 0.25) is 0 Å². The van der Waals surface area contributed by atoms with E-state index in [9.17, 15) is 0 Å². The van der Waals surface area contributed by atoms with Crippen molar-refractivity contribution >= 4 is 0 Å². The lowest BCUT2D eigenvalue weighted by atomic mass is 10.1. The average Bonchev–Trinajstić information content (AvgIpc) is 2.45. The fourth-order valence-electron chi connectivity index (χ4n) is 1.81. The number of nitrogens with one attached hydrogen (secondary N) is 1. The minimum Gasteiger partial charge on any atom is -0.312 e. The molecule has 1 N–H and O–H groups in total. The number of hydrogen-bond donors (Lipinski definition) is 1. The van der Waals surface area contributed by atoms with E-state index in [4.69, 9.17) is 5.26 Å². The first-order chi connectivity index (χ1) is 8.88. The van der Waals surface area contributed by atoms with Gasteiger partial charge >= 0.3 is 0 Å². The van der Waals surface area contributed by atoms with Gasteiger partial charge in [0.15, 0.2) is 0 Å². The van der Waals surface area contributed by atoms with Crippen LogP contribution in [0.15, 0.2) is 54.6 Å². The predicted molar refractivity (Wildman–Crippen MR) is 73.0 cm³/mol. The van der Waals surface area contributed by atoms with E-state index >= 15 is 0 Å². The third-order valence-electron chi connectivity index (χ3n) is 2.85. The Labute approximate surface area is 108 Å². The fraction of sp³-hybridized carbons (Fsp3) is 0.188. The maximum atomic E-state index is 8.70. The molecule has 2 heteroatoms. The van der Waals surface area contributed by atoms with Gasteiger partial charge in [-0.05, 0) is 36.2 Å². The molecule has 0 saturated carbocycles. The van der Waals surface area contributed by atoms with Crippen LogP contribution >= 0.6 is 0 Å². The number of benzene rings is 2. The van der Waals surface area contributed by atoms with Crippen LogP contribution in [0.4, 0.5) is 0 Å². The second-order valence-corrected chi connectivity index (χ2v) is 4.22. The molecule has 0 aliphatic heterocycles. The van der Waals surface area contributed by atoms with Crippen LogP contribution < -0.4 is 5.32 Å². The van der Waals surface area contributed by atoms with Gasteiger partial charge in [0.05, 0.1) is 11.6 Å². The van der Waals surface area contributed by atoms with Gasteiger partial charge in [-0.25, -0.2) is 0 Å². The zero-order chi connectivity index (χ0) is 12.6. The Morgan fingerprint density at radius 1 is 0.889 bits per heavy atom. The molecule has 90 valence electrons. The van der Waals surface area contributed by atoms with Crippen molar-refractivity contribution < 1.29 is 0 Å². The van der Waals surface area contributed by atoms with E-state index < -0.39 is 0 Å². The van der Waals surface area contributed by atoms with Crippen LogP contribution in [0.5, 0.6) is 0 Å². The van der Waals surface area contributed by atoms with Crippen molar-refractivity contribution in [3.8, 4) is 6.07 Å². The standard InChI is InChI=1S/C16H16N2/c17-12-15-6-8-16(9-7-15)13-18-11-10-14-4-2-1-3-5-14/h1-9,18H,10-11,13H2. The van der Waals surface area contributed by atoms with Crippen molar-refractivity contribution in [2.24, 2.45) is 0 Å². The van der Waals surface area contributed by atoms with Crippen LogP contribution in [0.2, 0.25) is 0 Å². The molecule has 0 bridgehead atoms. The van der Waals surface area contributed by atoms with Crippen molar-refractivity contribution in [2.75, 3.05) is 6.54 Å². The van der Waals surface area contributed by atoms with Crippen molar-refractivity contribution in [1.82, 2.24) is 5.32 Å². The first kappa shape index (κ1) is 12.3. The molecule has 0 aromatic heterocycles. The van der Waals surface area contributed by atoms with Crippen LogP contribution in [-0.4, -0.2) is 6.54 Å². The summed E-state index contributed by atoms with van der Waals surface area (Å²) in [5.41, 5.74) is 3.27. The van der Waals surface area contributed by atoms with Crippen molar-refractivity contribution in [1.29, 1.82) is 5.26 Å². The molecular formula is C16H16N2. The molecule has 2 nitrogen and oxygen atoms in total. The molecule has 0 aliphatic rings. The molecule has 0 aliphatic carbocycles. The van der Waals surface area contributed by atoms with Gasteiger partial charge in [0, 0.05) is 6.54 Å². The molecule has 0 heterocycles. The molecule has 2 rings (SSSR count). The highest BCUT2D eigenvalue weighted by atomic mass is 14.8. The third kappa shape index (κ3) is 3.73. The lowest BCUT2D eigenvalue weighted by Gasteiger charge is -2.05. The van der Waals surface area contributed by atoms with Gasteiger partial charge in [-0.2, -0.15) is 5.26 Å². The predicted octanol–water partition coefficient (Wildman–Crippen LogP) is 2.89. The Balaban J connectivity index is 1.74. The molecule has 0 amide bonds. The summed E-state index contributed by atoms with van der Waals surface area (Å²) in [6.07, 6.45) is 1.04. The highest BCUT2D eigenvalue weighted by Crippen LogP contribution is 2.03. The summed E-state index contributed by atoms with van der Waals surface area (Å²) in [6.45, 7) is 1.81. The Morgan fingerprint density at radius 3 is 2.28 bits per heavy atom. The summed E-state index contributed by atoms with van der Waals surface area (Å²) in [5, 5.41) is 12.1. The lowest BCUT2D eigenvalue weighted by molar-refractivity contribution is 0.687. The molecule has 0 atom stereocenters. The van der Waals surface area contributed by atoms with E-state index in [0.29, 0.717) is 5.56 Å². The van der Waals surface area contributed by atoms with Gasteiger partial charge in [-0.3, -0.25) is 0 Å². The highest BCUT2D eigenvalue weighted by molar-refractivity contribution is 5.31. The molecule has 0 unspecified atom stereocenters. The zero-order valence-electron chi connectivity index (χ0n) is 10.3. The van der Waals surface area contributed by atoms with Crippen LogP contribution in [-0.2, 0) is 13.0 Å². The first-order valence-electron chi connectivity index (χ1n) is 6.12. The van der Waals surface area contributed by atoms with E-state index in [0.717, 1.165) is 19.5 Å². The molecule has 18 heavy (non-hydrogen) atoms. The smallest absolute Gasteiger partial charge is 0.0991 e. The summed E-state index contributed by atoms with van der Waals surface area (Å²) in [7, 11) is 0. The lowest BCUT2D eigenvalue weighted by Crippen LogP contribution is -2.16. The first-order valence-corrected chi connectivity index (χ1v) is 6.12. The van der Waals surface area contributed by atoms with Crippen LogP contribution in [0.1, 0.15) is 16.7 Å². The molecule has 2 aromatic carbocycles. The van der Waals surface area contributed by atoms with Crippen LogP contribution in [0.25, 0.3) is 0 Å². The average molecular weight is 236 g/mol. The minimum absolute atomic E-state index is 0.711. The van der Waals surface area contributed by atoms with Gasteiger partial charge in [0.25, 0.3) is 0 Å². The summed E-state index contributed by atoms with van der Waals surface area (Å²) in [5.74, 6) is 0. The van der Waals surface area contributed by atoms with Gasteiger partial charge < -0.3 is 5.32 Å². The Bertz CT molecular complexity index is 509. The second-order valence-electron chi connectivity index (χ2n) is 4.22. The molecule has 0 saturated heterocycles. The number of nitrogens with zero attached hydrogens (tertiary/aromatic N) is 1. The van der Waals surface area contributed by atoms with Crippen molar-refractivity contribution in [3.63, 3.8) is 0 Å². The SMILES string of the molecule is N#Cc1ccc(CNCCc2ccccc2)cc1. The number of nitriles is 1. The summed E-state index contributed by atoms with van der Waals surface area (Å²) >= 11 is 0. The molecule has 2 aromatic rings. The van der Waals surface area contributed by atoms with E-state index in [2.05, 4.69) is 35.7 Å². The van der Waals surface area contributed by atoms with E-state index in [1.54, 1.807) is 0 Å². The highest BCUT2D eigenvalue weighted by Gasteiger charge is 1.94. The van der Waals surface area contributed by atoms with Gasteiger partial charge in [0.1, 0.15) is 0 Å².